The minimum atomic E-state index is -0.508. The molecular weight excluding hydrogens is 266 g/mol. The van der Waals surface area contributed by atoms with Crippen LogP contribution in [0, 0.1) is 11.6 Å². The second-order valence-electron chi connectivity index (χ2n) is 5.47. The first-order valence-electron chi connectivity index (χ1n) is 6.46. The van der Waals surface area contributed by atoms with Gasteiger partial charge in [0, 0.05) is 35.7 Å². The van der Waals surface area contributed by atoms with Crippen LogP contribution in [-0.2, 0) is 0 Å². The molecule has 0 spiro atoms. The molecule has 1 saturated heterocycles. The van der Waals surface area contributed by atoms with E-state index in [4.69, 9.17) is 5.73 Å². The van der Waals surface area contributed by atoms with Gasteiger partial charge in [0.2, 0.25) is 0 Å². The van der Waals surface area contributed by atoms with E-state index < -0.39 is 11.6 Å². The van der Waals surface area contributed by atoms with Crippen LogP contribution in [0.3, 0.4) is 0 Å². The first-order valence-corrected chi connectivity index (χ1v) is 7.45. The summed E-state index contributed by atoms with van der Waals surface area (Å²) in [4.78, 5) is 2.10. The topological polar surface area (TPSA) is 29.3 Å². The Morgan fingerprint density at radius 3 is 2.53 bits per heavy atom. The Morgan fingerprint density at radius 2 is 2.00 bits per heavy atom. The maximum absolute atomic E-state index is 13.9. The van der Waals surface area contributed by atoms with Crippen molar-refractivity contribution in [3.05, 3.63) is 35.4 Å². The molecule has 0 amide bonds. The number of thioether (sulfide) groups is 1. The van der Waals surface area contributed by atoms with E-state index in [1.165, 1.54) is 18.2 Å². The molecule has 1 unspecified atom stereocenters. The SMILES string of the molecule is CC1(C)CN(C(CN)c2c(F)cccc2F)CCS1. The molecule has 1 atom stereocenters. The molecule has 0 radical (unpaired) electrons. The summed E-state index contributed by atoms with van der Waals surface area (Å²) in [5, 5.41) is 0. The summed E-state index contributed by atoms with van der Waals surface area (Å²) in [7, 11) is 0. The number of benzene rings is 1. The van der Waals surface area contributed by atoms with Crippen LogP contribution in [0.5, 0.6) is 0 Å². The fraction of sp³-hybridized carbons (Fsp3) is 0.571. The summed E-state index contributed by atoms with van der Waals surface area (Å²) in [5.41, 5.74) is 5.88. The van der Waals surface area contributed by atoms with Crippen molar-refractivity contribution >= 4 is 11.8 Å². The Hall–Kier alpha value is -0.650. The van der Waals surface area contributed by atoms with Crippen molar-refractivity contribution in [3.63, 3.8) is 0 Å². The zero-order valence-electron chi connectivity index (χ0n) is 11.3. The Kier molecular flexibility index (Phi) is 4.48. The Balaban J connectivity index is 2.29. The lowest BCUT2D eigenvalue weighted by atomic mass is 10.0. The van der Waals surface area contributed by atoms with Crippen molar-refractivity contribution in [1.82, 2.24) is 4.90 Å². The molecule has 0 aromatic heterocycles. The van der Waals surface area contributed by atoms with Gasteiger partial charge in [-0.25, -0.2) is 8.78 Å². The minimum absolute atomic E-state index is 0.0907. The van der Waals surface area contributed by atoms with Crippen molar-refractivity contribution in [2.45, 2.75) is 24.6 Å². The summed E-state index contributed by atoms with van der Waals surface area (Å²) >= 11 is 1.89. The van der Waals surface area contributed by atoms with Crippen molar-refractivity contribution in [3.8, 4) is 0 Å². The van der Waals surface area contributed by atoms with Gasteiger partial charge in [0.15, 0.2) is 0 Å². The Morgan fingerprint density at radius 1 is 1.37 bits per heavy atom. The van der Waals surface area contributed by atoms with E-state index in [0.717, 1.165) is 18.8 Å². The third-order valence-electron chi connectivity index (χ3n) is 3.45. The van der Waals surface area contributed by atoms with E-state index in [9.17, 15) is 8.78 Å². The van der Waals surface area contributed by atoms with Crippen LogP contribution in [0.25, 0.3) is 0 Å². The van der Waals surface area contributed by atoms with Crippen molar-refractivity contribution in [2.24, 2.45) is 5.73 Å². The van der Waals surface area contributed by atoms with E-state index in [2.05, 4.69) is 18.7 Å². The monoisotopic (exact) mass is 286 g/mol. The van der Waals surface area contributed by atoms with E-state index in [-0.39, 0.29) is 22.9 Å². The van der Waals surface area contributed by atoms with Gasteiger partial charge in [0.05, 0.1) is 6.04 Å². The second-order valence-corrected chi connectivity index (χ2v) is 7.27. The standard InChI is InChI=1S/C14H20F2N2S/c1-14(2)9-18(6-7-19-14)12(8-17)13-10(15)4-3-5-11(13)16/h3-5,12H,6-9,17H2,1-2H3. The van der Waals surface area contributed by atoms with Gasteiger partial charge in [-0.3, -0.25) is 4.90 Å². The van der Waals surface area contributed by atoms with E-state index in [1.54, 1.807) is 0 Å². The highest BCUT2D eigenvalue weighted by Crippen LogP contribution is 2.35. The molecule has 2 rings (SSSR count). The quantitative estimate of drug-likeness (QED) is 0.926. The first kappa shape index (κ1) is 14.8. The lowest BCUT2D eigenvalue weighted by Crippen LogP contribution is -2.47. The molecule has 0 saturated carbocycles. The van der Waals surface area contributed by atoms with Crippen molar-refractivity contribution in [2.75, 3.05) is 25.4 Å². The molecule has 19 heavy (non-hydrogen) atoms. The summed E-state index contributed by atoms with van der Waals surface area (Å²) in [6.45, 7) is 6.11. The molecule has 1 heterocycles. The molecule has 1 aromatic carbocycles. The van der Waals surface area contributed by atoms with Crippen LogP contribution < -0.4 is 5.73 Å². The summed E-state index contributed by atoms with van der Waals surface area (Å²) < 4.78 is 27.9. The van der Waals surface area contributed by atoms with Crippen molar-refractivity contribution < 1.29 is 8.78 Å². The van der Waals surface area contributed by atoms with Gasteiger partial charge >= 0.3 is 0 Å². The van der Waals surface area contributed by atoms with Gasteiger partial charge in [-0.2, -0.15) is 11.8 Å². The van der Waals surface area contributed by atoms with Crippen LogP contribution in [0.4, 0.5) is 8.78 Å². The predicted molar refractivity (Wildman–Crippen MR) is 76.3 cm³/mol. The summed E-state index contributed by atoms with van der Waals surface area (Å²) in [6.07, 6.45) is 0. The number of hydrogen-bond acceptors (Lipinski definition) is 3. The van der Waals surface area contributed by atoms with Crippen LogP contribution >= 0.6 is 11.8 Å². The summed E-state index contributed by atoms with van der Waals surface area (Å²) in [5.74, 6) is -0.0579. The van der Waals surface area contributed by atoms with Crippen LogP contribution in [0.15, 0.2) is 18.2 Å². The molecule has 1 aliphatic heterocycles. The number of halogens is 2. The zero-order valence-corrected chi connectivity index (χ0v) is 12.1. The third-order valence-corrected chi connectivity index (χ3v) is 4.75. The molecular formula is C14H20F2N2S. The highest BCUT2D eigenvalue weighted by atomic mass is 32.2. The molecule has 0 aliphatic carbocycles. The van der Waals surface area contributed by atoms with Gasteiger partial charge in [-0.05, 0) is 26.0 Å². The number of hydrogen-bond donors (Lipinski definition) is 1. The lowest BCUT2D eigenvalue weighted by molar-refractivity contribution is 0.185. The van der Waals surface area contributed by atoms with Crippen LogP contribution in [0.1, 0.15) is 25.5 Å². The first-order chi connectivity index (χ1) is 8.94. The van der Waals surface area contributed by atoms with Gasteiger partial charge in [-0.15, -0.1) is 0 Å². The average molecular weight is 286 g/mol. The summed E-state index contributed by atoms with van der Waals surface area (Å²) in [6, 6.07) is 3.59. The van der Waals surface area contributed by atoms with Crippen LogP contribution in [0.2, 0.25) is 0 Å². The normalized spacial score (nSPS) is 21.3. The second kappa shape index (κ2) is 5.77. The lowest BCUT2D eigenvalue weighted by Gasteiger charge is -2.41. The van der Waals surface area contributed by atoms with Gasteiger partial charge in [0.25, 0.3) is 0 Å². The van der Waals surface area contributed by atoms with Crippen LogP contribution in [-0.4, -0.2) is 35.0 Å². The van der Waals surface area contributed by atoms with E-state index in [0.29, 0.717) is 0 Å². The van der Waals surface area contributed by atoms with Gasteiger partial charge in [0.1, 0.15) is 11.6 Å². The third kappa shape index (κ3) is 3.27. The molecule has 0 bridgehead atoms. The average Bonchev–Trinajstić information content (AvgIpc) is 2.32. The smallest absolute Gasteiger partial charge is 0.130 e. The van der Waals surface area contributed by atoms with Gasteiger partial charge in [-0.1, -0.05) is 6.07 Å². The number of nitrogens with two attached hydrogens (primary N) is 1. The highest BCUT2D eigenvalue weighted by molar-refractivity contribution is 8.00. The fourth-order valence-corrected chi connectivity index (χ4v) is 3.73. The largest absolute Gasteiger partial charge is 0.329 e. The molecule has 1 fully saturated rings. The molecule has 2 N–H and O–H groups in total. The maximum Gasteiger partial charge on any atom is 0.130 e. The zero-order chi connectivity index (χ0) is 14.0. The molecule has 5 heteroatoms. The number of nitrogens with zero attached hydrogens (tertiary/aromatic N) is 1. The van der Waals surface area contributed by atoms with E-state index in [1.807, 2.05) is 11.8 Å². The van der Waals surface area contributed by atoms with Crippen molar-refractivity contribution in [1.29, 1.82) is 0 Å². The fourth-order valence-electron chi connectivity index (χ4n) is 2.60. The van der Waals surface area contributed by atoms with E-state index >= 15 is 0 Å². The minimum Gasteiger partial charge on any atom is -0.329 e. The molecule has 1 aromatic rings. The molecule has 1 aliphatic rings. The number of rotatable bonds is 3. The maximum atomic E-state index is 13.9. The predicted octanol–water partition coefficient (Wildman–Crippen LogP) is 2.79. The molecule has 2 nitrogen and oxygen atoms in total. The highest BCUT2D eigenvalue weighted by Gasteiger charge is 2.33. The Bertz CT molecular complexity index is 431. The van der Waals surface area contributed by atoms with Gasteiger partial charge < -0.3 is 5.73 Å². The molecule has 106 valence electrons. The Labute approximate surface area is 117 Å².